The van der Waals surface area contributed by atoms with Gasteiger partial charge in [-0.25, -0.2) is 13.2 Å². The Morgan fingerprint density at radius 1 is 1.30 bits per heavy atom. The zero-order valence-electron chi connectivity index (χ0n) is 13.9. The second-order valence-electron chi connectivity index (χ2n) is 6.33. The van der Waals surface area contributed by atoms with E-state index in [-0.39, 0.29) is 16.6 Å². The highest BCUT2D eigenvalue weighted by atomic mass is 32.2. The summed E-state index contributed by atoms with van der Waals surface area (Å²) in [6.45, 7) is 1.05. The van der Waals surface area contributed by atoms with Gasteiger partial charge in [0.15, 0.2) is 0 Å². The number of sulfonamides is 1. The van der Waals surface area contributed by atoms with Crippen LogP contribution >= 0.6 is 0 Å². The molecule has 7 nitrogen and oxygen atoms in total. The summed E-state index contributed by atoms with van der Waals surface area (Å²) < 4.78 is 28.9. The molecule has 0 bridgehead atoms. The zero-order chi connectivity index (χ0) is 17.2. The lowest BCUT2D eigenvalue weighted by atomic mass is 10.2. The topological polar surface area (TPSA) is 82.8 Å². The molecular weight excluding hydrogens is 318 g/mol. The van der Waals surface area contributed by atoms with E-state index in [1.807, 2.05) is 19.0 Å². The van der Waals surface area contributed by atoms with Crippen LogP contribution in [0.2, 0.25) is 0 Å². The van der Waals surface area contributed by atoms with Crippen LogP contribution in [0.15, 0.2) is 17.2 Å². The molecular formula is C15H25N3O4S. The average molecular weight is 343 g/mol. The van der Waals surface area contributed by atoms with Crippen LogP contribution < -0.4 is 0 Å². The van der Waals surface area contributed by atoms with Gasteiger partial charge in [0.05, 0.1) is 0 Å². The minimum Gasteiger partial charge on any atom is -0.477 e. The van der Waals surface area contributed by atoms with Crippen molar-refractivity contribution in [3.8, 4) is 0 Å². The van der Waals surface area contributed by atoms with Crippen LogP contribution in [-0.2, 0) is 17.1 Å². The van der Waals surface area contributed by atoms with Crippen molar-refractivity contribution in [2.75, 3.05) is 27.2 Å². The van der Waals surface area contributed by atoms with Gasteiger partial charge in [0, 0.05) is 32.4 Å². The summed E-state index contributed by atoms with van der Waals surface area (Å²) >= 11 is 0. The van der Waals surface area contributed by atoms with Gasteiger partial charge in [0.25, 0.3) is 0 Å². The van der Waals surface area contributed by atoms with Crippen molar-refractivity contribution in [3.63, 3.8) is 0 Å². The summed E-state index contributed by atoms with van der Waals surface area (Å²) in [7, 11) is 1.67. The number of nitrogens with zero attached hydrogens (tertiary/aromatic N) is 3. The normalized spacial score (nSPS) is 16.6. The second-order valence-corrected chi connectivity index (χ2v) is 8.22. The van der Waals surface area contributed by atoms with Gasteiger partial charge in [0.1, 0.15) is 10.6 Å². The monoisotopic (exact) mass is 343 g/mol. The van der Waals surface area contributed by atoms with E-state index >= 15 is 0 Å². The number of likely N-dealkylation sites (N-methyl/N-ethyl adjacent to an activating group) is 1. The summed E-state index contributed by atoms with van der Waals surface area (Å²) in [6.07, 6.45) is 5.19. The molecule has 1 heterocycles. The first-order valence-electron chi connectivity index (χ1n) is 7.79. The molecule has 1 aliphatic rings. The lowest BCUT2D eigenvalue weighted by molar-refractivity contribution is 0.0686. The SMILES string of the molecule is CN(C)CCN(C1CCCC1)S(=O)(=O)c1cc(C(=O)O)n(C)c1. The Morgan fingerprint density at radius 3 is 2.39 bits per heavy atom. The lowest BCUT2D eigenvalue weighted by Crippen LogP contribution is -2.42. The molecule has 8 heteroatoms. The molecule has 0 aliphatic heterocycles. The number of carbonyl (C=O) groups is 1. The van der Waals surface area contributed by atoms with Crippen LogP contribution in [-0.4, -0.2) is 66.5 Å². The van der Waals surface area contributed by atoms with Crippen molar-refractivity contribution in [1.82, 2.24) is 13.8 Å². The van der Waals surface area contributed by atoms with Crippen LogP contribution in [0.1, 0.15) is 36.2 Å². The van der Waals surface area contributed by atoms with Gasteiger partial charge < -0.3 is 14.6 Å². The molecule has 1 aliphatic carbocycles. The number of rotatable bonds is 7. The highest BCUT2D eigenvalue weighted by molar-refractivity contribution is 7.89. The highest BCUT2D eigenvalue weighted by Gasteiger charge is 2.34. The molecule has 0 radical (unpaired) electrons. The fraction of sp³-hybridized carbons (Fsp3) is 0.667. The average Bonchev–Trinajstić information content (AvgIpc) is 3.07. The number of aromatic carboxylic acids is 1. The standard InChI is InChI=1S/C15H25N3O4S/c1-16(2)8-9-18(12-6-4-5-7-12)23(21,22)13-10-14(15(19)20)17(3)11-13/h10-12H,4-9H2,1-3H3,(H,19,20). The smallest absolute Gasteiger partial charge is 0.352 e. The Balaban J connectivity index is 2.34. The molecule has 1 fully saturated rings. The Bertz CT molecular complexity index is 660. The minimum atomic E-state index is -3.69. The number of hydrogen-bond donors (Lipinski definition) is 1. The van der Waals surface area contributed by atoms with Crippen molar-refractivity contribution in [3.05, 3.63) is 18.0 Å². The zero-order valence-corrected chi connectivity index (χ0v) is 14.7. The van der Waals surface area contributed by atoms with E-state index in [0.29, 0.717) is 13.1 Å². The predicted octanol–water partition coefficient (Wildman–Crippen LogP) is 1.22. The van der Waals surface area contributed by atoms with Crippen molar-refractivity contribution >= 4 is 16.0 Å². The predicted molar refractivity (Wildman–Crippen MR) is 87.1 cm³/mol. The number of hydrogen-bond acceptors (Lipinski definition) is 4. The quantitative estimate of drug-likeness (QED) is 0.805. The Hall–Kier alpha value is -1.38. The van der Waals surface area contributed by atoms with Gasteiger partial charge in [-0.2, -0.15) is 4.31 Å². The molecule has 1 N–H and O–H groups in total. The summed E-state index contributed by atoms with van der Waals surface area (Å²) in [5.41, 5.74) is -0.0254. The maximum atomic E-state index is 13.0. The summed E-state index contributed by atoms with van der Waals surface area (Å²) in [6, 6.07) is 1.25. The third kappa shape index (κ3) is 3.94. The third-order valence-corrected chi connectivity index (χ3v) is 6.22. The van der Waals surface area contributed by atoms with Crippen molar-refractivity contribution in [2.24, 2.45) is 7.05 Å². The molecule has 23 heavy (non-hydrogen) atoms. The lowest BCUT2D eigenvalue weighted by Gasteiger charge is -2.28. The van der Waals surface area contributed by atoms with Gasteiger partial charge in [0.2, 0.25) is 10.0 Å². The molecule has 0 amide bonds. The van der Waals surface area contributed by atoms with E-state index in [1.54, 1.807) is 11.4 Å². The molecule has 0 unspecified atom stereocenters. The van der Waals surface area contributed by atoms with Gasteiger partial charge in [-0.3, -0.25) is 0 Å². The van der Waals surface area contributed by atoms with Crippen LogP contribution in [0, 0.1) is 0 Å². The minimum absolute atomic E-state index is 0.00781. The summed E-state index contributed by atoms with van der Waals surface area (Å²) in [4.78, 5) is 13.2. The molecule has 130 valence electrons. The molecule has 0 spiro atoms. The molecule has 0 aromatic carbocycles. The van der Waals surface area contributed by atoms with Gasteiger partial charge in [-0.15, -0.1) is 0 Å². The number of aromatic nitrogens is 1. The maximum absolute atomic E-state index is 13.0. The fourth-order valence-corrected chi connectivity index (χ4v) is 4.76. The highest BCUT2D eigenvalue weighted by Crippen LogP contribution is 2.29. The van der Waals surface area contributed by atoms with Gasteiger partial charge in [-0.1, -0.05) is 12.8 Å². The number of carboxylic acids is 1. The van der Waals surface area contributed by atoms with Crippen LogP contribution in [0.5, 0.6) is 0 Å². The van der Waals surface area contributed by atoms with E-state index in [0.717, 1.165) is 25.7 Å². The van der Waals surface area contributed by atoms with E-state index in [9.17, 15) is 13.2 Å². The second kappa shape index (κ2) is 7.02. The first-order chi connectivity index (χ1) is 10.7. The first-order valence-corrected chi connectivity index (χ1v) is 9.23. The molecule has 1 aromatic rings. The Kier molecular flexibility index (Phi) is 5.49. The molecule has 2 rings (SSSR count). The van der Waals surface area contributed by atoms with E-state index < -0.39 is 16.0 Å². The molecule has 0 saturated heterocycles. The van der Waals surface area contributed by atoms with Crippen molar-refractivity contribution in [2.45, 2.75) is 36.6 Å². The first kappa shape index (κ1) is 18.0. The van der Waals surface area contributed by atoms with Crippen molar-refractivity contribution in [1.29, 1.82) is 0 Å². The van der Waals surface area contributed by atoms with Crippen LogP contribution in [0.4, 0.5) is 0 Å². The summed E-state index contributed by atoms with van der Waals surface area (Å²) in [5.74, 6) is -1.13. The van der Waals surface area contributed by atoms with Gasteiger partial charge >= 0.3 is 5.97 Å². The van der Waals surface area contributed by atoms with Crippen LogP contribution in [0.25, 0.3) is 0 Å². The van der Waals surface area contributed by atoms with Crippen LogP contribution in [0.3, 0.4) is 0 Å². The molecule has 1 aromatic heterocycles. The van der Waals surface area contributed by atoms with Crippen molar-refractivity contribution < 1.29 is 18.3 Å². The summed E-state index contributed by atoms with van der Waals surface area (Å²) in [5, 5.41) is 9.14. The Morgan fingerprint density at radius 2 is 1.91 bits per heavy atom. The molecule has 0 atom stereocenters. The van der Waals surface area contributed by atoms with Gasteiger partial charge in [-0.05, 0) is 33.0 Å². The number of carboxylic acid groups (broad SMARTS) is 1. The third-order valence-electron chi connectivity index (χ3n) is 4.31. The van der Waals surface area contributed by atoms with E-state index in [1.165, 1.54) is 16.8 Å². The van der Waals surface area contributed by atoms with E-state index in [2.05, 4.69) is 0 Å². The maximum Gasteiger partial charge on any atom is 0.352 e. The Labute approximate surface area is 137 Å². The molecule has 1 saturated carbocycles. The number of aryl methyl sites for hydroxylation is 1. The fourth-order valence-electron chi connectivity index (χ4n) is 3.01. The largest absolute Gasteiger partial charge is 0.477 e. The van der Waals surface area contributed by atoms with E-state index in [4.69, 9.17) is 5.11 Å².